The lowest BCUT2D eigenvalue weighted by Gasteiger charge is -2.28. The number of carbonyl (C=O) groups excluding carboxylic acids is 5. The van der Waals surface area contributed by atoms with Crippen LogP contribution in [0.25, 0.3) is 11.2 Å². The van der Waals surface area contributed by atoms with Gasteiger partial charge in [0.15, 0.2) is 30.4 Å². The summed E-state index contributed by atoms with van der Waals surface area (Å²) in [5.41, 5.74) is 5.14. The number of alkyl halides is 2. The van der Waals surface area contributed by atoms with Crippen molar-refractivity contribution in [1.29, 1.82) is 0 Å². The summed E-state index contributed by atoms with van der Waals surface area (Å²) in [7, 11) is -5.25. The van der Waals surface area contributed by atoms with Gasteiger partial charge in [-0.2, -0.15) is 0 Å². The SMILES string of the molecule is CC(C)C(NCCCCCN1C(=O)CCC1=O)C(=O)NC(CCCNC(N)=O)C(=O)Nc1ccc(Cc2ncnc3c2ncn3[C@@H]2O[C@@H]3COP(O)(=S)O[C@H]4[C@@H](F)[C@H](n5ccc(=O)[nH]c5=O)O[C@@H]4COP(=O)(O)O[C@H]3[C@H]2F)cc1. The monoisotopic (exact) mass is 1170 g/mol. The molecule has 4 aromatic rings. The summed E-state index contributed by atoms with van der Waals surface area (Å²) in [5, 5.41) is 11.4. The predicted octanol–water partition coefficient (Wildman–Crippen LogP) is 1.38. The van der Waals surface area contributed by atoms with Crippen molar-refractivity contribution < 1.29 is 74.7 Å². The van der Waals surface area contributed by atoms with Crippen LogP contribution in [0.15, 0.2) is 58.8 Å². The van der Waals surface area contributed by atoms with Crippen molar-refractivity contribution in [1.82, 2.24) is 49.9 Å². The number of benzene rings is 1. The van der Waals surface area contributed by atoms with Crippen molar-refractivity contribution >= 4 is 72.9 Å². The highest BCUT2D eigenvalue weighted by Gasteiger charge is 2.54. The molecule has 1 aromatic carbocycles. The molecule has 0 spiro atoms. The number of aromatic nitrogens is 6. The van der Waals surface area contributed by atoms with Crippen molar-refractivity contribution in [3.63, 3.8) is 0 Å². The summed E-state index contributed by atoms with van der Waals surface area (Å²) in [4.78, 5) is 125. The molecule has 4 saturated heterocycles. The van der Waals surface area contributed by atoms with Gasteiger partial charge in [0, 0.05) is 50.3 Å². The minimum Gasteiger partial charge on any atom is -0.352 e. The van der Waals surface area contributed by atoms with Crippen LogP contribution >= 0.6 is 14.5 Å². The second-order valence-electron chi connectivity index (χ2n) is 19.4. The zero-order valence-corrected chi connectivity index (χ0v) is 45.2. The Hall–Kier alpha value is -5.82. The number of amides is 6. The summed E-state index contributed by atoms with van der Waals surface area (Å²) in [6.45, 7) is -1.52. The zero-order valence-electron chi connectivity index (χ0n) is 42.6. The first-order chi connectivity index (χ1) is 37.6. The first kappa shape index (κ1) is 59.3. The van der Waals surface area contributed by atoms with Gasteiger partial charge in [0.2, 0.25) is 23.6 Å². The highest BCUT2D eigenvalue weighted by Crippen LogP contribution is 2.54. The van der Waals surface area contributed by atoms with Crippen LogP contribution in [0.3, 0.4) is 0 Å². The van der Waals surface area contributed by atoms with Crippen LogP contribution in [-0.2, 0) is 69.5 Å². The smallest absolute Gasteiger partial charge is 0.352 e. The van der Waals surface area contributed by atoms with Crippen molar-refractivity contribution in [2.45, 2.75) is 127 Å². The number of fused-ring (bicyclic) bond motifs is 3. The third-order valence-corrected chi connectivity index (χ3v) is 15.9. The highest BCUT2D eigenvalue weighted by molar-refractivity contribution is 8.07. The van der Waals surface area contributed by atoms with Crippen LogP contribution in [-0.4, -0.2) is 155 Å². The van der Waals surface area contributed by atoms with Gasteiger partial charge in [-0.15, -0.1) is 0 Å². The van der Waals surface area contributed by atoms with Gasteiger partial charge in [0.05, 0.1) is 31.3 Å². The molecule has 430 valence electrons. The summed E-state index contributed by atoms with van der Waals surface area (Å²) in [5.74, 6) is -1.41. The van der Waals surface area contributed by atoms with Crippen molar-refractivity contribution in [3.8, 4) is 0 Å². The average Bonchev–Trinajstić information content (AvgIpc) is 4.35. The number of likely N-dealkylation sites (tertiary alicyclic amines) is 1. The molecule has 0 saturated carbocycles. The Kier molecular flexibility index (Phi) is 19.3. The molecule has 4 fully saturated rings. The van der Waals surface area contributed by atoms with Crippen LogP contribution in [0.5, 0.6) is 0 Å². The molecule has 4 aliphatic heterocycles. The first-order valence-corrected chi connectivity index (χ1v) is 29.3. The number of hydrogen-bond donors (Lipinski definition) is 8. The summed E-state index contributed by atoms with van der Waals surface area (Å²) in [6, 6.07) is 5.22. The standard InChI is InChI=1S/C46H60F2N12O16P2S/c1-24(2)36(50-15-4-3-5-17-58-32(62)12-13-33(58)63)42(65)56-27(7-6-16-51-45(49)66)41(64)55-26-10-8-25(9-11-26)19-28-37-40(53-22-52-28)60(23-54-37)44-34(47)38-30(74-44)21-72-78(70,79)76-39-29(20-71-77(68,69)75-38)73-43(35(39)48)59-18-14-31(61)57-46(59)67/h8-11,14,18,22-24,27,29-30,34-36,38-39,43-44,50H,3-7,12-13,15-17,19-21H2,1-2H3,(H,55,64)(H,56,65)(H,68,69)(H,70,79)(H3,49,51,66)(H,57,61,67)/t27?,29-,30-,34-,35-,36?,38-,39-,43-,44-,78?/m1/s1. The van der Waals surface area contributed by atoms with Crippen LogP contribution in [0.1, 0.15) is 82.5 Å². The number of carbonyl (C=O) groups is 5. The van der Waals surface area contributed by atoms with E-state index in [4.69, 9.17) is 45.1 Å². The van der Waals surface area contributed by atoms with E-state index in [1.165, 1.54) is 22.1 Å². The Balaban J connectivity index is 0.895. The van der Waals surface area contributed by atoms with E-state index in [1.54, 1.807) is 24.3 Å². The molecular formula is C46H60F2N12O16P2S. The third-order valence-electron chi connectivity index (χ3n) is 13.4. The number of nitrogens with zero attached hydrogens (tertiary/aromatic N) is 6. The molecule has 3 aromatic heterocycles. The number of aromatic amines is 1. The Morgan fingerprint density at radius 2 is 1.53 bits per heavy atom. The number of anilines is 1. The van der Waals surface area contributed by atoms with E-state index >= 15 is 8.78 Å². The number of unbranched alkanes of at least 4 members (excludes halogenated alkanes) is 2. The molecule has 7 heterocycles. The molecule has 8 rings (SSSR count). The Labute approximate surface area is 453 Å². The summed E-state index contributed by atoms with van der Waals surface area (Å²) < 4.78 is 80.7. The lowest BCUT2D eigenvalue weighted by molar-refractivity contribution is -0.138. The summed E-state index contributed by atoms with van der Waals surface area (Å²) >= 11 is 5.15. The van der Waals surface area contributed by atoms with Crippen molar-refractivity contribution in [3.05, 3.63) is 81.3 Å². The van der Waals surface area contributed by atoms with Gasteiger partial charge in [0.25, 0.3) is 5.56 Å². The number of halogens is 2. The largest absolute Gasteiger partial charge is 0.472 e. The topological polar surface area (TPSA) is 374 Å². The molecule has 0 bridgehead atoms. The molecule has 28 nitrogen and oxygen atoms in total. The molecule has 0 radical (unpaired) electrons. The van der Waals surface area contributed by atoms with E-state index in [0.29, 0.717) is 60.3 Å². The number of imidazole rings is 1. The average molecular weight is 1170 g/mol. The maximum atomic E-state index is 16.6. The minimum atomic E-state index is -5.25. The maximum Gasteiger partial charge on any atom is 0.472 e. The Bertz CT molecular complexity index is 3090. The highest BCUT2D eigenvalue weighted by atomic mass is 32.5. The summed E-state index contributed by atoms with van der Waals surface area (Å²) in [6.07, 6.45) is -8.47. The van der Waals surface area contributed by atoms with Gasteiger partial charge in [-0.1, -0.05) is 32.4 Å². The fraction of sp³-hybridized carbons (Fsp3) is 0.565. The Morgan fingerprint density at radius 3 is 2.20 bits per heavy atom. The fourth-order valence-corrected chi connectivity index (χ4v) is 11.8. The number of urea groups is 1. The van der Waals surface area contributed by atoms with Gasteiger partial charge in [-0.05, 0) is 67.6 Å². The molecule has 9 N–H and O–H groups in total. The van der Waals surface area contributed by atoms with E-state index in [0.717, 1.165) is 12.3 Å². The number of phosphoric acid groups is 1. The van der Waals surface area contributed by atoms with E-state index in [9.17, 15) is 47.9 Å². The number of nitrogens with two attached hydrogens (primary N) is 1. The fourth-order valence-electron chi connectivity index (χ4n) is 9.41. The number of ether oxygens (including phenoxy) is 2. The number of nitrogens with one attached hydrogen (secondary N) is 5. The molecule has 12 atom stereocenters. The minimum absolute atomic E-state index is 0.0772. The lowest BCUT2D eigenvalue weighted by atomic mass is 10.0. The van der Waals surface area contributed by atoms with Gasteiger partial charge in [-0.3, -0.25) is 56.6 Å². The first-order valence-electron chi connectivity index (χ1n) is 25.3. The second kappa shape index (κ2) is 25.7. The van der Waals surface area contributed by atoms with E-state index < -0.39 is 118 Å². The van der Waals surface area contributed by atoms with E-state index in [1.807, 2.05) is 18.8 Å². The number of rotatable bonds is 20. The third kappa shape index (κ3) is 14.8. The van der Waals surface area contributed by atoms with E-state index in [2.05, 4.69) is 36.2 Å². The van der Waals surface area contributed by atoms with Crippen molar-refractivity contribution in [2.75, 3.05) is 38.2 Å². The Morgan fingerprint density at radius 1 is 0.861 bits per heavy atom. The van der Waals surface area contributed by atoms with Gasteiger partial charge in [-0.25, -0.2) is 37.9 Å². The number of H-pyrrole nitrogens is 1. The van der Waals surface area contributed by atoms with Crippen LogP contribution in [0.2, 0.25) is 0 Å². The van der Waals surface area contributed by atoms with Crippen LogP contribution in [0, 0.1) is 5.92 Å². The lowest BCUT2D eigenvalue weighted by Crippen LogP contribution is -2.53. The number of hydrogen-bond acceptors (Lipinski definition) is 19. The van der Waals surface area contributed by atoms with Crippen LogP contribution in [0.4, 0.5) is 19.3 Å². The molecule has 0 aliphatic carbocycles. The van der Waals surface area contributed by atoms with E-state index in [-0.39, 0.29) is 61.1 Å². The second-order valence-corrected chi connectivity index (χ2v) is 23.6. The normalized spacial score (nSPS) is 28.2. The zero-order chi connectivity index (χ0) is 56.8. The predicted molar refractivity (Wildman–Crippen MR) is 275 cm³/mol. The molecule has 4 aliphatic rings. The molecule has 79 heavy (non-hydrogen) atoms. The molecule has 4 unspecified atom stereocenters. The molecular weight excluding hydrogens is 1110 g/mol. The quantitative estimate of drug-likeness (QED) is 0.0352. The number of phosphoric ester groups is 1. The number of imide groups is 1. The van der Waals surface area contributed by atoms with Gasteiger partial charge < -0.3 is 50.8 Å². The maximum absolute atomic E-state index is 16.6. The van der Waals surface area contributed by atoms with Crippen LogP contribution < -0.4 is 38.2 Å². The number of primary amides is 1. The van der Waals surface area contributed by atoms with Gasteiger partial charge >= 0.3 is 26.3 Å². The van der Waals surface area contributed by atoms with Crippen molar-refractivity contribution in [2.24, 2.45) is 11.7 Å². The molecule has 33 heteroatoms. The molecule has 6 amide bonds. The van der Waals surface area contributed by atoms with Gasteiger partial charge in [0.1, 0.15) is 42.3 Å².